The summed E-state index contributed by atoms with van der Waals surface area (Å²) >= 11 is 0. The van der Waals surface area contributed by atoms with E-state index in [1.165, 1.54) is 0 Å². The molecular weight excluding hydrogens is 316 g/mol. The van der Waals surface area contributed by atoms with E-state index in [9.17, 15) is 4.79 Å². The van der Waals surface area contributed by atoms with Crippen LogP contribution in [0.1, 0.15) is 19.8 Å². The van der Waals surface area contributed by atoms with Gasteiger partial charge in [-0.1, -0.05) is 18.2 Å². The van der Waals surface area contributed by atoms with Crippen LogP contribution in [0.2, 0.25) is 0 Å². The lowest BCUT2D eigenvalue weighted by atomic mass is 9.97. The molecule has 0 unspecified atom stereocenters. The van der Waals surface area contributed by atoms with E-state index in [0.29, 0.717) is 18.2 Å². The molecule has 1 amide bonds. The van der Waals surface area contributed by atoms with Crippen LogP contribution >= 0.6 is 0 Å². The van der Waals surface area contributed by atoms with Gasteiger partial charge < -0.3 is 15.0 Å². The van der Waals surface area contributed by atoms with Crippen molar-refractivity contribution < 1.29 is 9.53 Å². The zero-order valence-corrected chi connectivity index (χ0v) is 14.5. The number of carbonyl (C=O) groups is 1. The number of benzene rings is 1. The molecular formula is C19H24N4O2. The van der Waals surface area contributed by atoms with Gasteiger partial charge in [0, 0.05) is 32.0 Å². The fraction of sp³-hybridized carbons (Fsp3) is 0.421. The van der Waals surface area contributed by atoms with E-state index in [4.69, 9.17) is 4.74 Å². The van der Waals surface area contributed by atoms with Crippen LogP contribution < -0.4 is 15.0 Å². The van der Waals surface area contributed by atoms with Crippen LogP contribution in [0.25, 0.3) is 0 Å². The molecule has 0 spiro atoms. The highest BCUT2D eigenvalue weighted by Gasteiger charge is 2.22. The number of nitrogens with zero attached hydrogens (tertiary/aromatic N) is 3. The number of piperidine rings is 1. The number of nitrogens with one attached hydrogen (secondary N) is 1. The molecule has 1 fully saturated rings. The van der Waals surface area contributed by atoms with Crippen LogP contribution in [0.15, 0.2) is 48.9 Å². The Balaban J connectivity index is 1.40. The minimum atomic E-state index is -0.498. The van der Waals surface area contributed by atoms with Crippen molar-refractivity contribution in [3.63, 3.8) is 0 Å². The standard InChI is InChI=1S/C19H24N4O2/c1-15(25-17-5-3-2-4-6-17)19(24)22-13-16-7-11-23(12-8-16)18-14-20-9-10-21-18/h2-6,9-10,14-16H,7-8,11-13H2,1H3,(H,22,24)/t15-/m1/s1. The highest BCUT2D eigenvalue weighted by molar-refractivity contribution is 5.80. The molecule has 1 aromatic heterocycles. The van der Waals surface area contributed by atoms with Gasteiger partial charge in [-0.25, -0.2) is 4.98 Å². The fourth-order valence-corrected chi connectivity index (χ4v) is 2.97. The van der Waals surface area contributed by atoms with Crippen LogP contribution in [-0.2, 0) is 4.79 Å². The lowest BCUT2D eigenvalue weighted by molar-refractivity contribution is -0.127. The Hall–Kier alpha value is -2.63. The zero-order valence-electron chi connectivity index (χ0n) is 14.5. The molecule has 0 radical (unpaired) electrons. The van der Waals surface area contributed by atoms with E-state index < -0.39 is 6.10 Å². The minimum absolute atomic E-state index is 0.0693. The molecule has 1 N–H and O–H groups in total. The molecule has 1 atom stereocenters. The number of anilines is 1. The number of ether oxygens (including phenoxy) is 1. The number of hydrogen-bond acceptors (Lipinski definition) is 5. The Morgan fingerprint density at radius 1 is 1.28 bits per heavy atom. The second kappa shape index (κ2) is 8.46. The largest absolute Gasteiger partial charge is 0.481 e. The molecule has 2 heterocycles. The molecule has 6 heteroatoms. The van der Waals surface area contributed by atoms with Crippen LogP contribution in [0.3, 0.4) is 0 Å². The second-order valence-electron chi connectivity index (χ2n) is 6.31. The highest BCUT2D eigenvalue weighted by Crippen LogP contribution is 2.20. The van der Waals surface area contributed by atoms with E-state index in [2.05, 4.69) is 20.2 Å². The van der Waals surface area contributed by atoms with Crippen LogP contribution in [0.4, 0.5) is 5.82 Å². The monoisotopic (exact) mass is 340 g/mol. The molecule has 3 rings (SSSR count). The molecule has 6 nitrogen and oxygen atoms in total. The summed E-state index contributed by atoms with van der Waals surface area (Å²) in [5.41, 5.74) is 0. The van der Waals surface area contributed by atoms with Crippen molar-refractivity contribution in [3.8, 4) is 5.75 Å². The van der Waals surface area contributed by atoms with Crippen molar-refractivity contribution in [1.82, 2.24) is 15.3 Å². The van der Waals surface area contributed by atoms with E-state index >= 15 is 0 Å². The number of rotatable bonds is 6. The maximum Gasteiger partial charge on any atom is 0.260 e. The smallest absolute Gasteiger partial charge is 0.260 e. The Bertz CT molecular complexity index is 658. The zero-order chi connectivity index (χ0) is 17.5. The number of amides is 1. The van der Waals surface area contributed by atoms with Gasteiger partial charge in [-0.15, -0.1) is 0 Å². The van der Waals surface area contributed by atoms with Crippen molar-refractivity contribution in [3.05, 3.63) is 48.9 Å². The van der Waals surface area contributed by atoms with Crippen molar-refractivity contribution in [2.24, 2.45) is 5.92 Å². The molecule has 25 heavy (non-hydrogen) atoms. The molecule has 0 bridgehead atoms. The molecule has 1 saturated heterocycles. The lowest BCUT2D eigenvalue weighted by Crippen LogP contribution is -2.42. The Labute approximate surface area is 148 Å². The summed E-state index contributed by atoms with van der Waals surface area (Å²) in [6.45, 7) is 4.35. The molecule has 132 valence electrons. The van der Waals surface area contributed by atoms with Gasteiger partial charge in [-0.2, -0.15) is 0 Å². The molecule has 1 aliphatic heterocycles. The third-order valence-corrected chi connectivity index (χ3v) is 4.48. The Morgan fingerprint density at radius 3 is 2.72 bits per heavy atom. The average molecular weight is 340 g/mol. The lowest BCUT2D eigenvalue weighted by Gasteiger charge is -2.32. The minimum Gasteiger partial charge on any atom is -0.481 e. The van der Waals surface area contributed by atoms with E-state index in [1.807, 2.05) is 30.3 Å². The Kier molecular flexibility index (Phi) is 5.82. The SMILES string of the molecule is C[C@@H](Oc1ccccc1)C(=O)NCC1CCN(c2cnccn2)CC1. The molecule has 1 aromatic carbocycles. The van der Waals surface area contributed by atoms with Gasteiger partial charge in [-0.05, 0) is 37.8 Å². The summed E-state index contributed by atoms with van der Waals surface area (Å²) in [5, 5.41) is 3.02. The summed E-state index contributed by atoms with van der Waals surface area (Å²) in [6, 6.07) is 9.42. The summed E-state index contributed by atoms with van der Waals surface area (Å²) in [6.07, 6.45) is 6.77. The summed E-state index contributed by atoms with van der Waals surface area (Å²) in [4.78, 5) is 22.9. The van der Waals surface area contributed by atoms with Gasteiger partial charge in [0.2, 0.25) is 0 Å². The van der Waals surface area contributed by atoms with Crippen molar-refractivity contribution >= 4 is 11.7 Å². The second-order valence-corrected chi connectivity index (χ2v) is 6.31. The number of hydrogen-bond donors (Lipinski definition) is 1. The van der Waals surface area contributed by atoms with E-state index in [1.54, 1.807) is 25.5 Å². The quantitative estimate of drug-likeness (QED) is 0.874. The number of aromatic nitrogens is 2. The maximum absolute atomic E-state index is 12.2. The molecule has 1 aliphatic rings. The first-order valence-electron chi connectivity index (χ1n) is 8.73. The van der Waals surface area contributed by atoms with Crippen molar-refractivity contribution in [2.75, 3.05) is 24.5 Å². The van der Waals surface area contributed by atoms with Crippen LogP contribution in [0.5, 0.6) is 5.75 Å². The maximum atomic E-state index is 12.2. The predicted octanol–water partition coefficient (Wildman–Crippen LogP) is 2.28. The molecule has 0 saturated carbocycles. The first-order valence-corrected chi connectivity index (χ1v) is 8.73. The average Bonchev–Trinajstić information content (AvgIpc) is 2.68. The third-order valence-electron chi connectivity index (χ3n) is 4.48. The fourth-order valence-electron chi connectivity index (χ4n) is 2.97. The van der Waals surface area contributed by atoms with Gasteiger partial charge in [0.25, 0.3) is 5.91 Å². The summed E-state index contributed by atoms with van der Waals surface area (Å²) < 4.78 is 5.66. The van der Waals surface area contributed by atoms with Gasteiger partial charge in [0.05, 0.1) is 6.20 Å². The van der Waals surface area contributed by atoms with Crippen LogP contribution in [0, 0.1) is 5.92 Å². The number of carbonyl (C=O) groups excluding carboxylic acids is 1. The van der Waals surface area contributed by atoms with E-state index in [0.717, 1.165) is 31.7 Å². The Morgan fingerprint density at radius 2 is 2.04 bits per heavy atom. The van der Waals surface area contributed by atoms with Crippen LogP contribution in [-0.4, -0.2) is 41.6 Å². The van der Waals surface area contributed by atoms with Gasteiger partial charge in [0.15, 0.2) is 6.10 Å². The molecule has 0 aliphatic carbocycles. The normalized spacial score (nSPS) is 16.3. The summed E-state index contributed by atoms with van der Waals surface area (Å²) in [7, 11) is 0. The molecule has 2 aromatic rings. The van der Waals surface area contributed by atoms with Gasteiger partial charge >= 0.3 is 0 Å². The number of para-hydroxylation sites is 1. The van der Waals surface area contributed by atoms with Crippen molar-refractivity contribution in [1.29, 1.82) is 0 Å². The van der Waals surface area contributed by atoms with Gasteiger partial charge in [0.1, 0.15) is 11.6 Å². The first kappa shape index (κ1) is 17.2. The highest BCUT2D eigenvalue weighted by atomic mass is 16.5. The van der Waals surface area contributed by atoms with Gasteiger partial charge in [-0.3, -0.25) is 9.78 Å². The first-order chi connectivity index (χ1) is 12.2. The predicted molar refractivity (Wildman–Crippen MR) is 96.5 cm³/mol. The topological polar surface area (TPSA) is 67.3 Å². The third kappa shape index (κ3) is 4.92. The van der Waals surface area contributed by atoms with E-state index in [-0.39, 0.29) is 5.91 Å². The van der Waals surface area contributed by atoms with Crippen molar-refractivity contribution in [2.45, 2.75) is 25.9 Å². The summed E-state index contributed by atoms with van der Waals surface area (Å²) in [5.74, 6) is 2.05.